The lowest BCUT2D eigenvalue weighted by Crippen LogP contribution is -2.40. The highest BCUT2D eigenvalue weighted by molar-refractivity contribution is 4.73. The van der Waals surface area contributed by atoms with Gasteiger partial charge in [-0.3, -0.25) is 0 Å². The second-order valence-corrected chi connectivity index (χ2v) is 5.54. The summed E-state index contributed by atoms with van der Waals surface area (Å²) in [7, 11) is 0. The molecule has 0 bridgehead atoms. The third kappa shape index (κ3) is 4.98. The second kappa shape index (κ2) is 6.49. The van der Waals surface area contributed by atoms with Crippen LogP contribution in [0.15, 0.2) is 0 Å². The Bertz CT molecular complexity index is 162. The number of hydrogen-bond acceptors (Lipinski definition) is 2. The molecule has 1 fully saturated rings. The Morgan fingerprint density at radius 3 is 2.20 bits per heavy atom. The molecule has 2 atom stereocenters. The fraction of sp³-hybridized carbons (Fsp3) is 1.00. The van der Waals surface area contributed by atoms with Gasteiger partial charge in [0.15, 0.2) is 0 Å². The van der Waals surface area contributed by atoms with Gasteiger partial charge in [-0.2, -0.15) is 0 Å². The van der Waals surface area contributed by atoms with E-state index in [4.69, 9.17) is 0 Å². The van der Waals surface area contributed by atoms with Crippen LogP contribution in [0.3, 0.4) is 0 Å². The monoisotopic (exact) mass is 212 g/mol. The quantitative estimate of drug-likeness (QED) is 0.727. The van der Waals surface area contributed by atoms with Crippen molar-refractivity contribution >= 4 is 0 Å². The van der Waals surface area contributed by atoms with Crippen LogP contribution in [0.4, 0.5) is 0 Å². The zero-order valence-electron chi connectivity index (χ0n) is 10.9. The van der Waals surface area contributed by atoms with Gasteiger partial charge in [0.2, 0.25) is 0 Å². The van der Waals surface area contributed by atoms with Crippen LogP contribution < -0.4 is 5.32 Å². The van der Waals surface area contributed by atoms with E-state index in [0.717, 1.165) is 18.4 Å². The van der Waals surface area contributed by atoms with Gasteiger partial charge < -0.3 is 10.2 Å². The zero-order chi connectivity index (χ0) is 11.3. The van der Waals surface area contributed by atoms with E-state index in [1.807, 2.05) is 0 Å². The van der Waals surface area contributed by atoms with E-state index >= 15 is 0 Å². The van der Waals surface area contributed by atoms with E-state index in [1.54, 1.807) is 0 Å². The number of hydrogen-bond donors (Lipinski definition) is 1. The van der Waals surface area contributed by atoms with Crippen molar-refractivity contribution in [1.82, 2.24) is 10.2 Å². The lowest BCUT2D eigenvalue weighted by Gasteiger charge is -2.24. The van der Waals surface area contributed by atoms with Gasteiger partial charge in [0, 0.05) is 12.6 Å². The first-order valence-electron chi connectivity index (χ1n) is 6.55. The van der Waals surface area contributed by atoms with Crippen LogP contribution in [0.1, 0.15) is 40.5 Å². The van der Waals surface area contributed by atoms with Gasteiger partial charge >= 0.3 is 0 Å². The molecule has 90 valence electrons. The Morgan fingerprint density at radius 2 is 1.67 bits per heavy atom. The van der Waals surface area contributed by atoms with Crippen molar-refractivity contribution in [2.45, 2.75) is 46.6 Å². The van der Waals surface area contributed by atoms with Crippen molar-refractivity contribution in [1.29, 1.82) is 0 Å². The van der Waals surface area contributed by atoms with Gasteiger partial charge in [0.05, 0.1) is 0 Å². The van der Waals surface area contributed by atoms with Gasteiger partial charge in [-0.05, 0) is 51.2 Å². The molecular formula is C13H28N2. The first-order chi connectivity index (χ1) is 7.09. The standard InChI is InChI=1S/C13H28N2/c1-11(2)12(3)9-14-13(4)10-15-7-5-6-8-15/h11-14H,5-10H2,1-4H3. The van der Waals surface area contributed by atoms with Crippen LogP contribution in [-0.4, -0.2) is 37.1 Å². The molecule has 2 heteroatoms. The fourth-order valence-corrected chi connectivity index (χ4v) is 2.04. The first-order valence-corrected chi connectivity index (χ1v) is 6.55. The lowest BCUT2D eigenvalue weighted by molar-refractivity contribution is 0.284. The molecule has 0 aromatic carbocycles. The Labute approximate surface area is 95.4 Å². The largest absolute Gasteiger partial charge is 0.313 e. The molecule has 1 aliphatic heterocycles. The maximum atomic E-state index is 3.65. The minimum Gasteiger partial charge on any atom is -0.313 e. The van der Waals surface area contributed by atoms with Crippen molar-refractivity contribution in [3.05, 3.63) is 0 Å². The Kier molecular flexibility index (Phi) is 5.62. The van der Waals surface area contributed by atoms with Crippen molar-refractivity contribution in [3.8, 4) is 0 Å². The summed E-state index contributed by atoms with van der Waals surface area (Å²) in [6, 6.07) is 0.643. The molecule has 0 radical (unpaired) electrons. The maximum Gasteiger partial charge on any atom is 0.0166 e. The average Bonchev–Trinajstić information content (AvgIpc) is 2.66. The molecule has 0 aliphatic carbocycles. The van der Waals surface area contributed by atoms with Crippen LogP contribution in [-0.2, 0) is 0 Å². The minimum absolute atomic E-state index is 0.643. The van der Waals surface area contributed by atoms with E-state index in [9.17, 15) is 0 Å². The third-order valence-corrected chi connectivity index (χ3v) is 3.66. The van der Waals surface area contributed by atoms with Gasteiger partial charge in [-0.15, -0.1) is 0 Å². The fourth-order valence-electron chi connectivity index (χ4n) is 2.04. The Morgan fingerprint density at radius 1 is 1.07 bits per heavy atom. The molecule has 2 nitrogen and oxygen atoms in total. The van der Waals surface area contributed by atoms with Gasteiger partial charge in [0.25, 0.3) is 0 Å². The molecule has 0 amide bonds. The first kappa shape index (κ1) is 13.0. The van der Waals surface area contributed by atoms with Crippen LogP contribution in [0.25, 0.3) is 0 Å². The van der Waals surface area contributed by atoms with E-state index in [-0.39, 0.29) is 0 Å². The van der Waals surface area contributed by atoms with Crippen molar-refractivity contribution in [2.75, 3.05) is 26.2 Å². The molecule has 2 unspecified atom stereocenters. The van der Waals surface area contributed by atoms with Crippen molar-refractivity contribution in [3.63, 3.8) is 0 Å². The summed E-state index contributed by atoms with van der Waals surface area (Å²) < 4.78 is 0. The Balaban J connectivity index is 2.09. The predicted molar refractivity (Wildman–Crippen MR) is 67.1 cm³/mol. The number of nitrogens with one attached hydrogen (secondary N) is 1. The SMILES string of the molecule is CC(CN1CCCC1)NCC(C)C(C)C. The molecule has 1 saturated heterocycles. The summed E-state index contributed by atoms with van der Waals surface area (Å²) >= 11 is 0. The zero-order valence-corrected chi connectivity index (χ0v) is 10.9. The summed E-state index contributed by atoms with van der Waals surface area (Å²) in [6.45, 7) is 14.3. The Hall–Kier alpha value is -0.0800. The number of likely N-dealkylation sites (tertiary alicyclic amines) is 1. The highest BCUT2D eigenvalue weighted by Crippen LogP contribution is 2.10. The van der Waals surface area contributed by atoms with Crippen molar-refractivity contribution in [2.24, 2.45) is 11.8 Å². The maximum absolute atomic E-state index is 3.65. The van der Waals surface area contributed by atoms with E-state index in [2.05, 4.69) is 37.9 Å². The summed E-state index contributed by atoms with van der Waals surface area (Å²) in [5.74, 6) is 1.57. The lowest BCUT2D eigenvalue weighted by atomic mass is 9.98. The second-order valence-electron chi connectivity index (χ2n) is 5.54. The third-order valence-electron chi connectivity index (χ3n) is 3.66. The molecule has 0 aromatic rings. The molecule has 1 N–H and O–H groups in total. The van der Waals surface area contributed by atoms with Crippen molar-refractivity contribution < 1.29 is 0 Å². The van der Waals surface area contributed by atoms with Crippen LogP contribution in [0, 0.1) is 11.8 Å². The predicted octanol–water partition coefficient (Wildman–Crippen LogP) is 2.35. The normalized spacial score (nSPS) is 22.2. The smallest absolute Gasteiger partial charge is 0.0166 e. The molecule has 1 rings (SSSR count). The molecule has 1 aliphatic rings. The summed E-state index contributed by atoms with van der Waals surface area (Å²) in [5.41, 5.74) is 0. The van der Waals surface area contributed by atoms with E-state index in [0.29, 0.717) is 6.04 Å². The van der Waals surface area contributed by atoms with Crippen LogP contribution >= 0.6 is 0 Å². The molecular weight excluding hydrogens is 184 g/mol. The topological polar surface area (TPSA) is 15.3 Å². The van der Waals surface area contributed by atoms with Gasteiger partial charge in [-0.1, -0.05) is 20.8 Å². The molecule has 0 saturated carbocycles. The molecule has 15 heavy (non-hydrogen) atoms. The minimum atomic E-state index is 0.643. The van der Waals surface area contributed by atoms with E-state index in [1.165, 1.54) is 32.5 Å². The summed E-state index contributed by atoms with van der Waals surface area (Å²) in [5, 5.41) is 3.65. The van der Waals surface area contributed by atoms with Crippen LogP contribution in [0.5, 0.6) is 0 Å². The molecule has 0 aromatic heterocycles. The van der Waals surface area contributed by atoms with Gasteiger partial charge in [-0.25, -0.2) is 0 Å². The van der Waals surface area contributed by atoms with E-state index < -0.39 is 0 Å². The highest BCUT2D eigenvalue weighted by atomic mass is 15.2. The highest BCUT2D eigenvalue weighted by Gasteiger charge is 2.15. The molecule has 0 spiro atoms. The average molecular weight is 212 g/mol. The summed E-state index contributed by atoms with van der Waals surface area (Å²) in [6.07, 6.45) is 2.80. The summed E-state index contributed by atoms with van der Waals surface area (Å²) in [4.78, 5) is 2.58. The molecule has 1 heterocycles. The number of nitrogens with zero attached hydrogens (tertiary/aromatic N) is 1. The number of rotatable bonds is 6. The van der Waals surface area contributed by atoms with Gasteiger partial charge in [0.1, 0.15) is 0 Å². The van der Waals surface area contributed by atoms with Crippen LogP contribution in [0.2, 0.25) is 0 Å².